The van der Waals surface area contributed by atoms with Gasteiger partial charge in [0.25, 0.3) is 0 Å². The van der Waals surface area contributed by atoms with Gasteiger partial charge in [0.2, 0.25) is 0 Å². The first-order chi connectivity index (χ1) is 25.5. The lowest BCUT2D eigenvalue weighted by Crippen LogP contribution is -2.34. The second kappa shape index (κ2) is 22.5. The minimum Gasteiger partial charge on any atom is -0.370 e. The van der Waals surface area contributed by atoms with Crippen LogP contribution in [0.4, 0.5) is 0 Å². The number of aryl methyl sites for hydroxylation is 2. The Balaban J connectivity index is 0.806. The van der Waals surface area contributed by atoms with E-state index in [4.69, 9.17) is 28.4 Å². The summed E-state index contributed by atoms with van der Waals surface area (Å²) in [5.41, 5.74) is 3.01. The highest BCUT2D eigenvalue weighted by molar-refractivity contribution is 5.22. The third-order valence-electron chi connectivity index (χ3n) is 13.6. The van der Waals surface area contributed by atoms with E-state index in [-0.39, 0.29) is 0 Å². The van der Waals surface area contributed by atoms with E-state index >= 15 is 0 Å². The largest absolute Gasteiger partial charge is 0.370 e. The lowest BCUT2D eigenvalue weighted by Gasteiger charge is -2.33. The Labute approximate surface area is 319 Å². The number of hydrogen-bond acceptors (Lipinski definition) is 6. The van der Waals surface area contributed by atoms with Crippen LogP contribution in [-0.2, 0) is 41.3 Å². The molecule has 2 saturated carbocycles. The highest BCUT2D eigenvalue weighted by Crippen LogP contribution is 2.43. The van der Waals surface area contributed by atoms with Crippen LogP contribution in [0.25, 0.3) is 0 Å². The number of benzene rings is 1. The van der Waals surface area contributed by atoms with Crippen LogP contribution in [0.5, 0.6) is 0 Å². The van der Waals surface area contributed by atoms with E-state index in [9.17, 15) is 0 Å². The van der Waals surface area contributed by atoms with E-state index in [2.05, 4.69) is 24.3 Å². The zero-order chi connectivity index (χ0) is 36.5. The van der Waals surface area contributed by atoms with Crippen molar-refractivity contribution in [2.45, 2.75) is 216 Å². The Hall–Kier alpha value is -1.02. The molecule has 6 heteroatoms. The minimum atomic E-state index is -0.397. The van der Waals surface area contributed by atoms with E-state index in [1.165, 1.54) is 165 Å². The monoisotopic (exact) mass is 727 g/mol. The molecule has 0 spiro atoms. The minimum absolute atomic E-state index is 0.397. The van der Waals surface area contributed by atoms with Crippen molar-refractivity contribution in [2.24, 2.45) is 11.8 Å². The molecule has 5 rings (SSSR count). The van der Waals surface area contributed by atoms with Gasteiger partial charge >= 0.3 is 0 Å². The highest BCUT2D eigenvalue weighted by Gasteiger charge is 2.45. The molecule has 298 valence electrons. The fourth-order valence-electron chi connectivity index (χ4n) is 9.67. The van der Waals surface area contributed by atoms with Gasteiger partial charge in [-0.3, -0.25) is 0 Å². The van der Waals surface area contributed by atoms with Crippen molar-refractivity contribution in [2.75, 3.05) is 28.4 Å². The van der Waals surface area contributed by atoms with Gasteiger partial charge in [0, 0.05) is 54.1 Å². The molecule has 52 heavy (non-hydrogen) atoms. The van der Waals surface area contributed by atoms with Crippen LogP contribution in [0.2, 0.25) is 0 Å². The maximum absolute atomic E-state index is 5.94. The van der Waals surface area contributed by atoms with E-state index in [0.717, 1.165) is 37.5 Å². The van der Waals surface area contributed by atoms with Gasteiger partial charge < -0.3 is 28.4 Å². The SMILES string of the molecule is COC(CCCCCCCCCc1ccc(CCCCCCCCCC(CCC2CCC3OC3C2)(OC)OC)cc1)(CCC1CCC2OC2C1)OC. The van der Waals surface area contributed by atoms with Crippen LogP contribution in [0.1, 0.15) is 178 Å². The number of hydrogen-bond donors (Lipinski definition) is 0. The number of methoxy groups -OCH3 is 4. The number of fused-ring (bicyclic) bond motifs is 2. The van der Waals surface area contributed by atoms with Crippen LogP contribution in [0, 0.1) is 11.8 Å². The second-order valence-electron chi connectivity index (χ2n) is 17.3. The zero-order valence-electron chi connectivity index (χ0n) is 34.0. The molecular formula is C46H78O6. The van der Waals surface area contributed by atoms with Crippen molar-refractivity contribution in [3.05, 3.63) is 35.4 Å². The fraction of sp³-hybridized carbons (Fsp3) is 0.870. The molecule has 2 aliphatic carbocycles. The van der Waals surface area contributed by atoms with Crippen molar-refractivity contribution in [3.8, 4) is 0 Å². The molecule has 2 saturated heterocycles. The van der Waals surface area contributed by atoms with Crippen LogP contribution >= 0.6 is 0 Å². The molecule has 6 atom stereocenters. The van der Waals surface area contributed by atoms with Gasteiger partial charge in [-0.1, -0.05) is 88.5 Å². The third-order valence-corrected chi connectivity index (χ3v) is 13.6. The number of unbranched alkanes of at least 4 members (excludes halogenated alkanes) is 12. The molecule has 0 bridgehead atoms. The van der Waals surface area contributed by atoms with Gasteiger partial charge in [-0.25, -0.2) is 0 Å². The number of rotatable bonds is 30. The first-order valence-electron chi connectivity index (χ1n) is 22.1. The molecule has 0 N–H and O–H groups in total. The Kier molecular flexibility index (Phi) is 18.2. The predicted molar refractivity (Wildman–Crippen MR) is 212 cm³/mol. The molecule has 0 aromatic heterocycles. The summed E-state index contributed by atoms with van der Waals surface area (Å²) in [6, 6.07) is 9.52. The quantitative estimate of drug-likeness (QED) is 0.0447. The molecule has 2 aliphatic heterocycles. The van der Waals surface area contributed by atoms with Gasteiger partial charge in [0.1, 0.15) is 0 Å². The topological polar surface area (TPSA) is 62.0 Å². The molecule has 1 aromatic carbocycles. The van der Waals surface area contributed by atoms with Crippen molar-refractivity contribution in [1.82, 2.24) is 0 Å². The van der Waals surface area contributed by atoms with Crippen LogP contribution in [0.3, 0.4) is 0 Å². The first kappa shape index (κ1) is 42.1. The van der Waals surface area contributed by atoms with Crippen molar-refractivity contribution < 1.29 is 28.4 Å². The van der Waals surface area contributed by atoms with E-state index < -0.39 is 11.6 Å². The highest BCUT2D eigenvalue weighted by atomic mass is 16.7. The summed E-state index contributed by atoms with van der Waals surface area (Å²) in [5.74, 6) is 0.764. The fourth-order valence-corrected chi connectivity index (χ4v) is 9.67. The molecule has 0 amide bonds. The molecule has 0 radical (unpaired) electrons. The summed E-state index contributed by atoms with van der Waals surface area (Å²) in [6.45, 7) is 0. The first-order valence-corrected chi connectivity index (χ1v) is 22.1. The average Bonchev–Trinajstić information content (AvgIpc) is 4.12. The Morgan fingerprint density at radius 1 is 0.442 bits per heavy atom. The Bertz CT molecular complexity index is 998. The van der Waals surface area contributed by atoms with Gasteiger partial charge in [-0.2, -0.15) is 0 Å². The molecule has 6 unspecified atom stereocenters. The van der Waals surface area contributed by atoms with Gasteiger partial charge in [-0.15, -0.1) is 0 Å². The standard InChI is InChI=1S/C46H78O6/c1-47-45(48-2,33-29-39-25-27-41-43(35-39)51-41)31-17-13-9-5-7-11-15-19-37-21-23-38(24-22-37)20-16-12-8-6-10-14-18-32-46(49-3,50-4)34-30-40-26-28-42-44(36-40)52-42/h21-24,39-44H,5-20,25-36H2,1-4H3. The van der Waals surface area contributed by atoms with E-state index in [0.29, 0.717) is 24.4 Å². The van der Waals surface area contributed by atoms with Crippen molar-refractivity contribution >= 4 is 0 Å². The Morgan fingerprint density at radius 2 is 0.788 bits per heavy atom. The third kappa shape index (κ3) is 14.2. The summed E-state index contributed by atoms with van der Waals surface area (Å²) in [6.07, 6.45) is 37.0. The molecule has 1 aromatic rings. The molecule has 6 nitrogen and oxygen atoms in total. The molecule has 4 fully saturated rings. The summed E-state index contributed by atoms with van der Waals surface area (Å²) < 4.78 is 35.2. The normalized spacial score (nSPS) is 25.5. The number of ether oxygens (including phenoxy) is 6. The second-order valence-corrected chi connectivity index (χ2v) is 17.3. The molecular weight excluding hydrogens is 649 g/mol. The maximum atomic E-state index is 5.94. The molecule has 2 heterocycles. The summed E-state index contributed by atoms with van der Waals surface area (Å²) in [5, 5.41) is 0. The van der Waals surface area contributed by atoms with Crippen LogP contribution < -0.4 is 0 Å². The smallest absolute Gasteiger partial charge is 0.167 e. The summed E-state index contributed by atoms with van der Waals surface area (Å²) >= 11 is 0. The van der Waals surface area contributed by atoms with Crippen molar-refractivity contribution in [3.63, 3.8) is 0 Å². The number of epoxide rings is 2. The molecule has 4 aliphatic rings. The van der Waals surface area contributed by atoms with Gasteiger partial charge in [0.15, 0.2) is 11.6 Å². The predicted octanol–water partition coefficient (Wildman–Crippen LogP) is 11.7. The van der Waals surface area contributed by atoms with Crippen LogP contribution in [-0.4, -0.2) is 64.4 Å². The van der Waals surface area contributed by atoms with E-state index in [1.54, 1.807) is 0 Å². The van der Waals surface area contributed by atoms with Gasteiger partial charge in [-0.05, 0) is 113 Å². The maximum Gasteiger partial charge on any atom is 0.167 e. The Morgan fingerprint density at radius 3 is 1.13 bits per heavy atom. The van der Waals surface area contributed by atoms with Crippen molar-refractivity contribution in [1.29, 1.82) is 0 Å². The lowest BCUT2D eigenvalue weighted by molar-refractivity contribution is -0.217. The summed E-state index contributed by atoms with van der Waals surface area (Å²) in [7, 11) is 7.32. The van der Waals surface area contributed by atoms with Gasteiger partial charge in [0.05, 0.1) is 24.4 Å². The summed E-state index contributed by atoms with van der Waals surface area (Å²) in [4.78, 5) is 0. The van der Waals surface area contributed by atoms with E-state index in [1.807, 2.05) is 28.4 Å². The average molecular weight is 727 g/mol. The zero-order valence-corrected chi connectivity index (χ0v) is 34.0. The van der Waals surface area contributed by atoms with Crippen LogP contribution in [0.15, 0.2) is 24.3 Å². The lowest BCUT2D eigenvalue weighted by atomic mass is 9.84.